The molecule has 8 heteroatoms. The number of thioether (sulfide) groups is 1. The molecule has 3 aromatic rings. The standard InChI is InChI=1S/C18H16F3N3OS/c1-3-26-15-10-11(2)8-9-13(15)12-6-4-5-7-14(12)24-16(18(19,20)21)22-23-17(24)25/h4-10H,3H2,1-2H3,(H,23,25). The van der Waals surface area contributed by atoms with E-state index in [-0.39, 0.29) is 5.69 Å². The smallest absolute Gasteiger partial charge is 0.246 e. The van der Waals surface area contributed by atoms with Crippen LogP contribution >= 0.6 is 11.8 Å². The Hall–Kier alpha value is -2.48. The molecule has 0 amide bonds. The zero-order valence-electron chi connectivity index (χ0n) is 14.1. The molecule has 3 rings (SSSR count). The summed E-state index contributed by atoms with van der Waals surface area (Å²) < 4.78 is 40.4. The van der Waals surface area contributed by atoms with Gasteiger partial charge in [0.1, 0.15) is 0 Å². The molecule has 0 spiro atoms. The molecule has 0 saturated carbocycles. The summed E-state index contributed by atoms with van der Waals surface area (Å²) in [7, 11) is 0. The summed E-state index contributed by atoms with van der Waals surface area (Å²) in [4.78, 5) is 13.0. The van der Waals surface area contributed by atoms with Crippen molar-refractivity contribution in [1.82, 2.24) is 14.8 Å². The summed E-state index contributed by atoms with van der Waals surface area (Å²) >= 11 is 1.60. The second-order valence-electron chi connectivity index (χ2n) is 5.64. The van der Waals surface area contributed by atoms with Crippen molar-refractivity contribution in [3.63, 3.8) is 0 Å². The summed E-state index contributed by atoms with van der Waals surface area (Å²) in [5, 5.41) is 5.07. The number of aromatic amines is 1. The van der Waals surface area contributed by atoms with Crippen molar-refractivity contribution in [1.29, 1.82) is 0 Å². The predicted octanol–water partition coefficient (Wildman–Crippen LogP) is 4.67. The summed E-state index contributed by atoms with van der Waals surface area (Å²) in [6, 6.07) is 12.3. The van der Waals surface area contributed by atoms with Crippen LogP contribution < -0.4 is 5.69 Å². The molecule has 0 fully saturated rings. The lowest BCUT2D eigenvalue weighted by molar-refractivity contribution is -0.146. The van der Waals surface area contributed by atoms with Crippen LogP contribution in [0.15, 0.2) is 52.2 Å². The fraction of sp³-hybridized carbons (Fsp3) is 0.222. The van der Waals surface area contributed by atoms with Crippen LogP contribution in [0.2, 0.25) is 0 Å². The van der Waals surface area contributed by atoms with Gasteiger partial charge in [-0.1, -0.05) is 37.3 Å². The van der Waals surface area contributed by atoms with Crippen molar-refractivity contribution >= 4 is 11.8 Å². The Balaban J connectivity index is 2.28. The zero-order valence-corrected chi connectivity index (χ0v) is 14.9. The van der Waals surface area contributed by atoms with Crippen LogP contribution in [0.25, 0.3) is 16.8 Å². The van der Waals surface area contributed by atoms with E-state index in [2.05, 4.69) is 5.10 Å². The van der Waals surface area contributed by atoms with Crippen LogP contribution in [0, 0.1) is 6.92 Å². The second kappa shape index (κ2) is 7.03. The normalized spacial score (nSPS) is 11.7. The molecule has 0 atom stereocenters. The Labute approximate surface area is 152 Å². The number of aromatic nitrogens is 3. The maximum atomic E-state index is 13.3. The van der Waals surface area contributed by atoms with Gasteiger partial charge in [-0.15, -0.1) is 16.9 Å². The third kappa shape index (κ3) is 3.41. The van der Waals surface area contributed by atoms with Gasteiger partial charge in [0.2, 0.25) is 5.82 Å². The van der Waals surface area contributed by atoms with Crippen LogP contribution in [0.1, 0.15) is 18.3 Å². The van der Waals surface area contributed by atoms with E-state index in [0.29, 0.717) is 10.1 Å². The Kier molecular flexibility index (Phi) is 4.95. The molecule has 1 N–H and O–H groups in total. The summed E-state index contributed by atoms with van der Waals surface area (Å²) in [6.45, 7) is 3.96. The van der Waals surface area contributed by atoms with E-state index in [1.165, 1.54) is 6.07 Å². The molecular weight excluding hydrogens is 363 g/mol. The van der Waals surface area contributed by atoms with Crippen molar-refractivity contribution in [2.45, 2.75) is 24.9 Å². The first kappa shape index (κ1) is 18.3. The van der Waals surface area contributed by atoms with Gasteiger partial charge < -0.3 is 0 Å². The minimum absolute atomic E-state index is 0.139. The average molecular weight is 379 g/mol. The summed E-state index contributed by atoms with van der Waals surface area (Å²) in [5.74, 6) is -0.454. The first-order valence-electron chi connectivity index (χ1n) is 7.90. The van der Waals surface area contributed by atoms with Gasteiger partial charge in [-0.3, -0.25) is 0 Å². The number of rotatable bonds is 4. The highest BCUT2D eigenvalue weighted by molar-refractivity contribution is 7.99. The molecule has 4 nitrogen and oxygen atoms in total. The molecule has 0 aliphatic heterocycles. The number of hydrogen-bond donors (Lipinski definition) is 1. The van der Waals surface area contributed by atoms with E-state index in [4.69, 9.17) is 0 Å². The van der Waals surface area contributed by atoms with Gasteiger partial charge in [0.15, 0.2) is 0 Å². The molecule has 0 saturated heterocycles. The van der Waals surface area contributed by atoms with Gasteiger partial charge in [0.05, 0.1) is 5.69 Å². The summed E-state index contributed by atoms with van der Waals surface area (Å²) in [6.07, 6.45) is -4.75. The van der Waals surface area contributed by atoms with Gasteiger partial charge in [-0.25, -0.2) is 14.5 Å². The molecule has 0 aliphatic rings. The second-order valence-corrected chi connectivity index (χ2v) is 6.94. The van der Waals surface area contributed by atoms with Crippen LogP contribution in [-0.4, -0.2) is 20.5 Å². The van der Waals surface area contributed by atoms with Crippen molar-refractivity contribution in [3.05, 3.63) is 64.3 Å². The fourth-order valence-corrected chi connectivity index (χ4v) is 3.65. The monoisotopic (exact) mass is 379 g/mol. The number of halogens is 3. The summed E-state index contributed by atoms with van der Waals surface area (Å²) in [5.41, 5.74) is 1.58. The number of nitrogens with zero attached hydrogens (tertiary/aromatic N) is 2. The molecule has 1 heterocycles. The third-order valence-corrected chi connectivity index (χ3v) is 4.74. The van der Waals surface area contributed by atoms with Gasteiger partial charge >= 0.3 is 11.9 Å². The van der Waals surface area contributed by atoms with Crippen LogP contribution in [0.3, 0.4) is 0 Å². The number of hydrogen-bond acceptors (Lipinski definition) is 3. The van der Waals surface area contributed by atoms with Crippen LogP contribution in [-0.2, 0) is 6.18 Å². The molecule has 0 unspecified atom stereocenters. The Morgan fingerprint density at radius 2 is 1.88 bits per heavy atom. The van der Waals surface area contributed by atoms with E-state index < -0.39 is 17.7 Å². The largest absolute Gasteiger partial charge is 0.452 e. The van der Waals surface area contributed by atoms with Gasteiger partial charge in [0, 0.05) is 10.5 Å². The number of H-pyrrole nitrogens is 1. The molecule has 0 radical (unpaired) electrons. The number of benzene rings is 2. The minimum Gasteiger partial charge on any atom is -0.246 e. The van der Waals surface area contributed by atoms with E-state index in [1.54, 1.807) is 30.0 Å². The SMILES string of the molecule is CCSc1cc(C)ccc1-c1ccccc1-n1c(C(F)(F)F)n[nH]c1=O. The topological polar surface area (TPSA) is 50.7 Å². The van der Waals surface area contributed by atoms with Crippen LogP contribution in [0.5, 0.6) is 0 Å². The highest BCUT2D eigenvalue weighted by Crippen LogP contribution is 2.37. The zero-order chi connectivity index (χ0) is 18.9. The van der Waals surface area contributed by atoms with Crippen molar-refractivity contribution in [2.75, 3.05) is 5.75 Å². The van der Waals surface area contributed by atoms with Crippen molar-refractivity contribution in [2.24, 2.45) is 0 Å². The van der Waals surface area contributed by atoms with E-state index in [0.717, 1.165) is 21.8 Å². The van der Waals surface area contributed by atoms with Gasteiger partial charge in [-0.05, 0) is 35.9 Å². The predicted molar refractivity (Wildman–Crippen MR) is 95.8 cm³/mol. The Bertz CT molecular complexity index is 992. The Morgan fingerprint density at radius 3 is 2.58 bits per heavy atom. The molecule has 0 aliphatic carbocycles. The molecule has 2 aromatic carbocycles. The first-order chi connectivity index (χ1) is 12.3. The van der Waals surface area contributed by atoms with E-state index in [1.807, 2.05) is 37.1 Å². The first-order valence-corrected chi connectivity index (χ1v) is 8.89. The molecular formula is C18H16F3N3OS. The quantitative estimate of drug-likeness (QED) is 0.671. The minimum atomic E-state index is -4.75. The molecule has 1 aromatic heterocycles. The van der Waals surface area contributed by atoms with Crippen molar-refractivity contribution in [3.8, 4) is 16.8 Å². The lowest BCUT2D eigenvalue weighted by atomic mass is 10.0. The van der Waals surface area contributed by atoms with Gasteiger partial charge in [0.25, 0.3) is 0 Å². The molecule has 26 heavy (non-hydrogen) atoms. The average Bonchev–Trinajstić information content (AvgIpc) is 2.97. The van der Waals surface area contributed by atoms with Crippen molar-refractivity contribution < 1.29 is 13.2 Å². The lowest BCUT2D eigenvalue weighted by Crippen LogP contribution is -2.22. The highest BCUT2D eigenvalue weighted by Gasteiger charge is 2.38. The number of alkyl halides is 3. The van der Waals surface area contributed by atoms with E-state index >= 15 is 0 Å². The number of aryl methyl sites for hydroxylation is 1. The highest BCUT2D eigenvalue weighted by atomic mass is 32.2. The molecule has 0 bridgehead atoms. The fourth-order valence-electron chi connectivity index (χ4n) is 2.73. The third-order valence-electron chi connectivity index (χ3n) is 3.80. The maximum Gasteiger partial charge on any atom is 0.452 e. The number of para-hydroxylation sites is 1. The number of nitrogens with one attached hydrogen (secondary N) is 1. The van der Waals surface area contributed by atoms with E-state index in [9.17, 15) is 18.0 Å². The molecule has 136 valence electrons. The Morgan fingerprint density at radius 1 is 1.15 bits per heavy atom. The van der Waals surface area contributed by atoms with Crippen LogP contribution in [0.4, 0.5) is 13.2 Å². The van der Waals surface area contributed by atoms with Gasteiger partial charge in [-0.2, -0.15) is 13.2 Å². The maximum absolute atomic E-state index is 13.3. The lowest BCUT2D eigenvalue weighted by Gasteiger charge is -2.16.